The van der Waals surface area contributed by atoms with Crippen molar-refractivity contribution in [3.05, 3.63) is 42.0 Å². The number of ketones is 1. The zero-order chi connectivity index (χ0) is 15.1. The third-order valence-electron chi connectivity index (χ3n) is 2.91. The van der Waals surface area contributed by atoms with E-state index in [0.717, 1.165) is 11.3 Å². The third kappa shape index (κ3) is 4.88. The van der Waals surface area contributed by atoms with E-state index in [4.69, 9.17) is 0 Å². The van der Waals surface area contributed by atoms with E-state index in [2.05, 4.69) is 11.9 Å². The second-order valence-corrected chi connectivity index (χ2v) is 4.86. The van der Waals surface area contributed by atoms with Crippen LogP contribution in [0.4, 0.5) is 5.69 Å². The first-order valence-corrected chi connectivity index (χ1v) is 6.71. The van der Waals surface area contributed by atoms with Crippen molar-refractivity contribution in [1.82, 2.24) is 4.90 Å². The minimum atomic E-state index is 0.0115. The van der Waals surface area contributed by atoms with Gasteiger partial charge >= 0.3 is 0 Å². The molecular weight excluding hydrogens is 252 g/mol. The lowest BCUT2D eigenvalue weighted by atomic mass is 10.1. The minimum absolute atomic E-state index is 0.0115. The molecule has 1 rings (SSSR count). The highest BCUT2D eigenvalue weighted by molar-refractivity contribution is 5.95. The normalized spacial score (nSPS) is 9.95. The summed E-state index contributed by atoms with van der Waals surface area (Å²) in [5.41, 5.74) is 2.37. The highest BCUT2D eigenvalue weighted by atomic mass is 16.2. The van der Waals surface area contributed by atoms with Crippen LogP contribution >= 0.6 is 0 Å². The molecule has 0 heterocycles. The monoisotopic (exact) mass is 274 g/mol. The Morgan fingerprint density at radius 2 is 2.00 bits per heavy atom. The molecule has 0 aliphatic carbocycles. The van der Waals surface area contributed by atoms with Gasteiger partial charge in [-0.25, -0.2) is 0 Å². The molecule has 0 bridgehead atoms. The van der Waals surface area contributed by atoms with E-state index in [1.54, 1.807) is 23.1 Å². The Morgan fingerprint density at radius 3 is 2.55 bits per heavy atom. The molecule has 0 atom stereocenters. The predicted molar refractivity (Wildman–Crippen MR) is 82.0 cm³/mol. The standard InChI is InChI=1S/C16H22N2O2/c1-5-18(11-12(2)3)16(20)10-17-15-8-6-7-14(9-15)13(4)19/h6-9,17H,2,5,10-11H2,1,3-4H3. The summed E-state index contributed by atoms with van der Waals surface area (Å²) in [7, 11) is 0. The molecule has 0 aliphatic rings. The summed E-state index contributed by atoms with van der Waals surface area (Å²) in [5, 5.41) is 3.05. The minimum Gasteiger partial charge on any atom is -0.376 e. The summed E-state index contributed by atoms with van der Waals surface area (Å²) >= 11 is 0. The van der Waals surface area contributed by atoms with Crippen LogP contribution in [0.15, 0.2) is 36.4 Å². The van der Waals surface area contributed by atoms with Crippen molar-refractivity contribution >= 4 is 17.4 Å². The highest BCUT2D eigenvalue weighted by Crippen LogP contribution is 2.11. The molecule has 0 unspecified atom stereocenters. The Bertz CT molecular complexity index is 509. The fourth-order valence-electron chi connectivity index (χ4n) is 1.84. The molecule has 0 fully saturated rings. The summed E-state index contributed by atoms with van der Waals surface area (Å²) < 4.78 is 0. The molecule has 4 heteroatoms. The van der Waals surface area contributed by atoms with Crippen LogP contribution in [0.1, 0.15) is 31.1 Å². The number of carbonyl (C=O) groups excluding carboxylic acids is 2. The molecule has 20 heavy (non-hydrogen) atoms. The topological polar surface area (TPSA) is 49.4 Å². The molecule has 0 aliphatic heterocycles. The van der Waals surface area contributed by atoms with Gasteiger partial charge < -0.3 is 10.2 Å². The number of Topliss-reactive ketones (excluding diaryl/α,β-unsaturated/α-hetero) is 1. The van der Waals surface area contributed by atoms with E-state index in [1.807, 2.05) is 19.9 Å². The zero-order valence-corrected chi connectivity index (χ0v) is 12.4. The van der Waals surface area contributed by atoms with Gasteiger partial charge in [-0.3, -0.25) is 9.59 Å². The number of nitrogens with zero attached hydrogens (tertiary/aromatic N) is 1. The van der Waals surface area contributed by atoms with Gasteiger partial charge in [-0.05, 0) is 32.9 Å². The van der Waals surface area contributed by atoms with E-state index in [9.17, 15) is 9.59 Å². The molecule has 0 saturated heterocycles. The Hall–Kier alpha value is -2.10. The second-order valence-electron chi connectivity index (χ2n) is 4.86. The van der Waals surface area contributed by atoms with Crippen molar-refractivity contribution in [2.24, 2.45) is 0 Å². The first-order chi connectivity index (χ1) is 9.43. The number of hydrogen-bond acceptors (Lipinski definition) is 3. The van der Waals surface area contributed by atoms with Gasteiger partial charge in [-0.2, -0.15) is 0 Å². The fraction of sp³-hybridized carbons (Fsp3) is 0.375. The lowest BCUT2D eigenvalue weighted by Gasteiger charge is -2.21. The molecule has 4 nitrogen and oxygen atoms in total. The van der Waals surface area contributed by atoms with E-state index < -0.39 is 0 Å². The maximum Gasteiger partial charge on any atom is 0.242 e. The van der Waals surface area contributed by atoms with Gasteiger partial charge in [-0.15, -0.1) is 0 Å². The third-order valence-corrected chi connectivity index (χ3v) is 2.91. The smallest absolute Gasteiger partial charge is 0.242 e. The van der Waals surface area contributed by atoms with E-state index in [1.165, 1.54) is 6.92 Å². The molecule has 0 saturated carbocycles. The van der Waals surface area contributed by atoms with Crippen LogP contribution < -0.4 is 5.32 Å². The van der Waals surface area contributed by atoms with Gasteiger partial charge in [0.15, 0.2) is 5.78 Å². The summed E-state index contributed by atoms with van der Waals surface area (Å²) in [4.78, 5) is 25.1. The lowest BCUT2D eigenvalue weighted by Crippen LogP contribution is -2.36. The van der Waals surface area contributed by atoms with Crippen molar-refractivity contribution in [3.63, 3.8) is 0 Å². The van der Waals surface area contributed by atoms with Crippen molar-refractivity contribution in [1.29, 1.82) is 0 Å². The first kappa shape index (κ1) is 16.0. The first-order valence-electron chi connectivity index (χ1n) is 6.71. The number of amides is 1. The number of benzene rings is 1. The quantitative estimate of drug-likeness (QED) is 0.614. The molecular formula is C16H22N2O2. The van der Waals surface area contributed by atoms with E-state index >= 15 is 0 Å². The van der Waals surface area contributed by atoms with Crippen LogP contribution in [0, 0.1) is 0 Å². The van der Waals surface area contributed by atoms with Gasteiger partial charge in [0, 0.05) is 24.3 Å². The van der Waals surface area contributed by atoms with Crippen molar-refractivity contribution < 1.29 is 9.59 Å². The number of likely N-dealkylation sites (N-methyl/N-ethyl adjacent to an activating group) is 1. The molecule has 0 spiro atoms. The Morgan fingerprint density at radius 1 is 1.30 bits per heavy atom. The van der Waals surface area contributed by atoms with Crippen LogP contribution in [0.2, 0.25) is 0 Å². The summed E-state index contributed by atoms with van der Waals surface area (Å²) in [6.07, 6.45) is 0. The number of hydrogen-bond donors (Lipinski definition) is 1. The molecule has 0 aromatic heterocycles. The predicted octanol–water partition coefficient (Wildman–Crippen LogP) is 2.73. The van der Waals surface area contributed by atoms with Crippen LogP contribution in [-0.4, -0.2) is 36.2 Å². The molecule has 0 radical (unpaired) electrons. The average molecular weight is 274 g/mol. The molecule has 1 aromatic rings. The average Bonchev–Trinajstić information content (AvgIpc) is 2.42. The Labute approximate surface area is 120 Å². The SMILES string of the molecule is C=C(C)CN(CC)C(=O)CNc1cccc(C(C)=O)c1. The Kier molecular flexibility index (Phi) is 5.97. The van der Waals surface area contributed by atoms with E-state index in [0.29, 0.717) is 18.7 Å². The number of anilines is 1. The van der Waals surface area contributed by atoms with Crippen LogP contribution in [0.3, 0.4) is 0 Å². The highest BCUT2D eigenvalue weighted by Gasteiger charge is 2.11. The summed E-state index contributed by atoms with van der Waals surface area (Å²) in [6.45, 7) is 10.6. The van der Waals surface area contributed by atoms with Gasteiger partial charge in [0.2, 0.25) is 5.91 Å². The maximum absolute atomic E-state index is 12.1. The summed E-state index contributed by atoms with van der Waals surface area (Å²) in [6, 6.07) is 7.16. The van der Waals surface area contributed by atoms with Gasteiger partial charge in [0.1, 0.15) is 0 Å². The molecule has 1 N–H and O–H groups in total. The molecule has 1 amide bonds. The number of carbonyl (C=O) groups is 2. The van der Waals surface area contributed by atoms with Crippen LogP contribution in [0.5, 0.6) is 0 Å². The van der Waals surface area contributed by atoms with Crippen molar-refractivity contribution in [2.75, 3.05) is 25.0 Å². The van der Waals surface area contributed by atoms with E-state index in [-0.39, 0.29) is 18.2 Å². The zero-order valence-electron chi connectivity index (χ0n) is 12.4. The van der Waals surface area contributed by atoms with Crippen LogP contribution in [-0.2, 0) is 4.79 Å². The molecule has 1 aromatic carbocycles. The number of rotatable bonds is 7. The second kappa shape index (κ2) is 7.48. The molecule has 108 valence electrons. The number of nitrogens with one attached hydrogen (secondary N) is 1. The van der Waals surface area contributed by atoms with Crippen molar-refractivity contribution in [2.45, 2.75) is 20.8 Å². The summed E-state index contributed by atoms with van der Waals surface area (Å²) in [5.74, 6) is 0.0289. The van der Waals surface area contributed by atoms with Crippen molar-refractivity contribution in [3.8, 4) is 0 Å². The fourth-order valence-corrected chi connectivity index (χ4v) is 1.84. The van der Waals surface area contributed by atoms with Gasteiger partial charge in [0.25, 0.3) is 0 Å². The van der Waals surface area contributed by atoms with Crippen LogP contribution in [0.25, 0.3) is 0 Å². The maximum atomic E-state index is 12.1. The lowest BCUT2D eigenvalue weighted by molar-refractivity contribution is -0.128. The van der Waals surface area contributed by atoms with Gasteiger partial charge in [0.05, 0.1) is 6.54 Å². The van der Waals surface area contributed by atoms with Gasteiger partial charge in [-0.1, -0.05) is 24.3 Å². The Balaban J connectivity index is 2.62. The largest absolute Gasteiger partial charge is 0.376 e.